The van der Waals surface area contributed by atoms with Crippen molar-refractivity contribution in [2.75, 3.05) is 17.2 Å². The quantitative estimate of drug-likeness (QED) is 0.618. The Balaban J connectivity index is 1.77. The number of ether oxygens (including phenoxy) is 1. The molecule has 0 spiro atoms. The first-order valence-electron chi connectivity index (χ1n) is 9.11. The summed E-state index contributed by atoms with van der Waals surface area (Å²) in [6.45, 7) is 5.60. The molecular weight excluding hydrogens is 374 g/mol. The molecule has 0 radical (unpaired) electrons. The standard InChI is InChI=1S/C21H25N3O3S/c1-4-15-5-11-18(12-6-15)27-13-19(25)24-21(28)23-17-9-7-16(8-10-17)22-20(26)14(2)3/h5-12,14H,4,13H2,1-3H3,(H,22,26)(H2,23,24,25,28). The third-order valence-electron chi connectivity index (χ3n) is 3.89. The van der Waals surface area contributed by atoms with E-state index in [1.54, 1.807) is 24.3 Å². The average Bonchev–Trinajstić information content (AvgIpc) is 2.68. The van der Waals surface area contributed by atoms with Gasteiger partial charge in [-0.3, -0.25) is 14.9 Å². The van der Waals surface area contributed by atoms with Crippen LogP contribution in [0.4, 0.5) is 11.4 Å². The van der Waals surface area contributed by atoms with Crippen LogP contribution in [0.2, 0.25) is 0 Å². The second-order valence-electron chi connectivity index (χ2n) is 6.51. The Bertz CT molecular complexity index is 818. The second-order valence-corrected chi connectivity index (χ2v) is 6.92. The largest absolute Gasteiger partial charge is 0.484 e. The highest BCUT2D eigenvalue weighted by Gasteiger charge is 2.08. The van der Waals surface area contributed by atoms with Gasteiger partial charge in [-0.15, -0.1) is 0 Å². The lowest BCUT2D eigenvalue weighted by Crippen LogP contribution is -2.37. The number of thiocarbonyl (C=S) groups is 1. The first-order valence-corrected chi connectivity index (χ1v) is 9.51. The summed E-state index contributed by atoms with van der Waals surface area (Å²) in [6, 6.07) is 14.6. The van der Waals surface area contributed by atoms with Gasteiger partial charge >= 0.3 is 0 Å². The SMILES string of the molecule is CCc1ccc(OCC(=O)NC(=S)Nc2ccc(NC(=O)C(C)C)cc2)cc1. The van der Waals surface area contributed by atoms with E-state index < -0.39 is 0 Å². The van der Waals surface area contributed by atoms with E-state index in [1.807, 2.05) is 38.1 Å². The highest BCUT2D eigenvalue weighted by molar-refractivity contribution is 7.80. The fourth-order valence-corrected chi connectivity index (χ4v) is 2.45. The van der Waals surface area contributed by atoms with E-state index in [0.717, 1.165) is 6.42 Å². The van der Waals surface area contributed by atoms with Crippen LogP contribution < -0.4 is 20.7 Å². The molecule has 0 fully saturated rings. The van der Waals surface area contributed by atoms with Crippen molar-refractivity contribution in [1.29, 1.82) is 0 Å². The van der Waals surface area contributed by atoms with Gasteiger partial charge in [0, 0.05) is 17.3 Å². The molecule has 0 unspecified atom stereocenters. The van der Waals surface area contributed by atoms with Crippen LogP contribution in [0.25, 0.3) is 0 Å². The molecule has 2 aromatic carbocycles. The summed E-state index contributed by atoms with van der Waals surface area (Å²) >= 11 is 5.14. The van der Waals surface area contributed by atoms with Crippen molar-refractivity contribution < 1.29 is 14.3 Å². The Morgan fingerprint density at radius 1 is 0.964 bits per heavy atom. The molecule has 0 aliphatic carbocycles. The molecule has 0 aromatic heterocycles. The van der Waals surface area contributed by atoms with Gasteiger partial charge in [0.25, 0.3) is 5.91 Å². The summed E-state index contributed by atoms with van der Waals surface area (Å²) in [7, 11) is 0. The number of hydrogen-bond donors (Lipinski definition) is 3. The fourth-order valence-electron chi connectivity index (χ4n) is 2.22. The first-order chi connectivity index (χ1) is 13.4. The van der Waals surface area contributed by atoms with Gasteiger partial charge in [-0.1, -0.05) is 32.9 Å². The third kappa shape index (κ3) is 7.00. The number of amides is 2. The van der Waals surface area contributed by atoms with Crippen molar-refractivity contribution in [3.8, 4) is 5.75 Å². The predicted octanol–water partition coefficient (Wildman–Crippen LogP) is 3.74. The summed E-state index contributed by atoms with van der Waals surface area (Å²) in [5.41, 5.74) is 2.60. The molecule has 0 aliphatic rings. The summed E-state index contributed by atoms with van der Waals surface area (Å²) in [6.07, 6.45) is 0.950. The van der Waals surface area contributed by atoms with Crippen LogP contribution in [0.15, 0.2) is 48.5 Å². The van der Waals surface area contributed by atoms with Crippen molar-refractivity contribution in [2.24, 2.45) is 5.92 Å². The van der Waals surface area contributed by atoms with Gasteiger partial charge in [0.15, 0.2) is 11.7 Å². The van der Waals surface area contributed by atoms with Crippen LogP contribution >= 0.6 is 12.2 Å². The number of aryl methyl sites for hydroxylation is 1. The van der Waals surface area contributed by atoms with Crippen LogP contribution in [0.3, 0.4) is 0 Å². The molecule has 7 heteroatoms. The molecule has 0 aliphatic heterocycles. The Morgan fingerprint density at radius 2 is 1.54 bits per heavy atom. The van der Waals surface area contributed by atoms with Gasteiger partial charge in [-0.05, 0) is 60.6 Å². The molecule has 0 saturated heterocycles. The maximum atomic E-state index is 12.0. The number of rotatable bonds is 7. The van der Waals surface area contributed by atoms with E-state index >= 15 is 0 Å². The Morgan fingerprint density at radius 3 is 2.07 bits per heavy atom. The van der Waals surface area contributed by atoms with E-state index in [1.165, 1.54) is 5.56 Å². The Labute approximate surface area is 170 Å². The second kappa shape index (κ2) is 10.4. The third-order valence-corrected chi connectivity index (χ3v) is 4.09. The van der Waals surface area contributed by atoms with Crippen LogP contribution in [-0.4, -0.2) is 23.5 Å². The van der Waals surface area contributed by atoms with Crippen LogP contribution in [0.1, 0.15) is 26.3 Å². The zero-order valence-corrected chi connectivity index (χ0v) is 17.1. The lowest BCUT2D eigenvalue weighted by Gasteiger charge is -2.12. The highest BCUT2D eigenvalue weighted by Crippen LogP contribution is 2.15. The van der Waals surface area contributed by atoms with Gasteiger partial charge in [0.2, 0.25) is 5.91 Å². The average molecular weight is 400 g/mol. The summed E-state index contributed by atoms with van der Waals surface area (Å²) in [5.74, 6) is 0.142. The van der Waals surface area contributed by atoms with Crippen LogP contribution in [0.5, 0.6) is 5.75 Å². The molecule has 28 heavy (non-hydrogen) atoms. The molecular formula is C21H25N3O3S. The van der Waals surface area contributed by atoms with Crippen LogP contribution in [0, 0.1) is 5.92 Å². The topological polar surface area (TPSA) is 79.5 Å². The monoisotopic (exact) mass is 399 g/mol. The summed E-state index contributed by atoms with van der Waals surface area (Å²) < 4.78 is 5.45. The Kier molecular flexibility index (Phi) is 7.95. The van der Waals surface area contributed by atoms with Crippen molar-refractivity contribution >= 4 is 40.5 Å². The lowest BCUT2D eigenvalue weighted by molar-refractivity contribution is -0.121. The first kappa shape index (κ1) is 21.4. The molecule has 0 saturated carbocycles. The molecule has 6 nitrogen and oxygen atoms in total. The minimum Gasteiger partial charge on any atom is -0.484 e. The number of carbonyl (C=O) groups excluding carboxylic acids is 2. The lowest BCUT2D eigenvalue weighted by atomic mass is 10.2. The number of anilines is 2. The minimum atomic E-state index is -0.349. The van der Waals surface area contributed by atoms with Crippen molar-refractivity contribution in [3.63, 3.8) is 0 Å². The number of carbonyl (C=O) groups is 2. The fraction of sp³-hybridized carbons (Fsp3) is 0.286. The highest BCUT2D eigenvalue weighted by atomic mass is 32.1. The smallest absolute Gasteiger partial charge is 0.264 e. The van der Waals surface area contributed by atoms with Gasteiger partial charge < -0.3 is 15.4 Å². The van der Waals surface area contributed by atoms with Crippen LogP contribution in [-0.2, 0) is 16.0 Å². The van der Waals surface area contributed by atoms with Gasteiger partial charge in [-0.2, -0.15) is 0 Å². The summed E-state index contributed by atoms with van der Waals surface area (Å²) in [5, 5.41) is 8.47. The number of hydrogen-bond acceptors (Lipinski definition) is 4. The molecule has 0 atom stereocenters. The van der Waals surface area contributed by atoms with Crippen molar-refractivity contribution in [1.82, 2.24) is 5.32 Å². The number of nitrogens with one attached hydrogen (secondary N) is 3. The maximum absolute atomic E-state index is 12.0. The molecule has 2 rings (SSSR count). The normalized spacial score (nSPS) is 10.3. The van der Waals surface area contributed by atoms with Crippen molar-refractivity contribution in [3.05, 3.63) is 54.1 Å². The number of benzene rings is 2. The van der Waals surface area contributed by atoms with Gasteiger partial charge in [-0.25, -0.2) is 0 Å². The van der Waals surface area contributed by atoms with Crippen molar-refractivity contribution in [2.45, 2.75) is 27.2 Å². The Hall–Kier alpha value is -2.93. The van der Waals surface area contributed by atoms with Gasteiger partial charge in [0.1, 0.15) is 5.75 Å². The molecule has 148 valence electrons. The minimum absolute atomic E-state index is 0.0483. The van der Waals surface area contributed by atoms with E-state index in [9.17, 15) is 9.59 Å². The van der Waals surface area contributed by atoms with E-state index in [2.05, 4.69) is 22.9 Å². The van der Waals surface area contributed by atoms with Gasteiger partial charge in [0.05, 0.1) is 0 Å². The molecule has 2 aromatic rings. The van der Waals surface area contributed by atoms with E-state index in [4.69, 9.17) is 17.0 Å². The molecule has 3 N–H and O–H groups in total. The van der Waals surface area contributed by atoms with E-state index in [0.29, 0.717) is 17.1 Å². The molecule has 2 amide bonds. The maximum Gasteiger partial charge on any atom is 0.264 e. The molecule has 0 heterocycles. The zero-order valence-electron chi connectivity index (χ0n) is 16.2. The predicted molar refractivity (Wildman–Crippen MR) is 116 cm³/mol. The summed E-state index contributed by atoms with van der Waals surface area (Å²) in [4.78, 5) is 23.7. The molecule has 0 bridgehead atoms. The van der Waals surface area contributed by atoms with E-state index in [-0.39, 0.29) is 29.5 Å². The zero-order chi connectivity index (χ0) is 20.5.